The summed E-state index contributed by atoms with van der Waals surface area (Å²) in [5.74, 6) is 1.02. The first-order valence-corrected chi connectivity index (χ1v) is 12.2. The molecule has 1 saturated heterocycles. The summed E-state index contributed by atoms with van der Waals surface area (Å²) in [6, 6.07) is 10.9. The van der Waals surface area contributed by atoms with Crippen LogP contribution < -0.4 is 9.64 Å². The Labute approximate surface area is 187 Å². The summed E-state index contributed by atoms with van der Waals surface area (Å²) in [6.07, 6.45) is 6.18. The third-order valence-corrected chi connectivity index (χ3v) is 7.14. The predicted molar refractivity (Wildman–Crippen MR) is 126 cm³/mol. The second-order valence-electron chi connectivity index (χ2n) is 9.16. The van der Waals surface area contributed by atoms with E-state index in [0.29, 0.717) is 6.61 Å². The van der Waals surface area contributed by atoms with Crippen molar-refractivity contribution < 1.29 is 4.74 Å². The van der Waals surface area contributed by atoms with E-state index in [4.69, 9.17) is 9.72 Å². The van der Waals surface area contributed by atoms with Gasteiger partial charge in [-0.2, -0.15) is 0 Å². The zero-order valence-electron chi connectivity index (χ0n) is 19.0. The smallest absolute Gasteiger partial charge is 0.142 e. The van der Waals surface area contributed by atoms with Gasteiger partial charge in [0.05, 0.1) is 12.3 Å². The molecule has 166 valence electrons. The molecule has 0 bridgehead atoms. The molecule has 0 unspecified atom stereocenters. The molecule has 2 aromatic rings. The first-order chi connectivity index (χ1) is 15.3. The van der Waals surface area contributed by atoms with E-state index in [0.717, 1.165) is 64.5 Å². The molecule has 0 amide bonds. The lowest BCUT2D eigenvalue weighted by atomic mass is 9.92. The fourth-order valence-corrected chi connectivity index (χ4v) is 5.34. The van der Waals surface area contributed by atoms with Crippen LogP contribution >= 0.6 is 0 Å². The van der Waals surface area contributed by atoms with E-state index >= 15 is 0 Å². The van der Waals surface area contributed by atoms with Crippen LogP contribution in [0.25, 0.3) is 0 Å². The maximum absolute atomic E-state index is 5.84. The molecule has 0 atom stereocenters. The monoisotopic (exact) mass is 420 g/mol. The second kappa shape index (κ2) is 9.58. The van der Waals surface area contributed by atoms with Crippen LogP contribution in [0.4, 0.5) is 5.69 Å². The van der Waals surface area contributed by atoms with Gasteiger partial charge in [-0.05, 0) is 55.9 Å². The highest BCUT2D eigenvalue weighted by molar-refractivity contribution is 5.58. The molecule has 1 fully saturated rings. The van der Waals surface area contributed by atoms with Crippen molar-refractivity contribution in [3.8, 4) is 5.75 Å². The summed E-state index contributed by atoms with van der Waals surface area (Å²) in [6.45, 7) is 11.7. The zero-order chi connectivity index (χ0) is 21.0. The van der Waals surface area contributed by atoms with E-state index in [1.165, 1.54) is 53.9 Å². The Morgan fingerprint density at radius 3 is 2.48 bits per heavy atom. The quantitative estimate of drug-likeness (QED) is 0.714. The minimum absolute atomic E-state index is 0.717. The van der Waals surface area contributed by atoms with Crippen LogP contribution in [-0.4, -0.2) is 67.2 Å². The number of fused-ring (bicyclic) bond motifs is 2. The molecule has 31 heavy (non-hydrogen) atoms. The van der Waals surface area contributed by atoms with E-state index in [1.54, 1.807) is 0 Å². The molecule has 3 aliphatic rings. The van der Waals surface area contributed by atoms with Gasteiger partial charge in [0, 0.05) is 70.2 Å². The molecule has 1 aromatic heterocycles. The number of anilines is 1. The normalized spacial score (nSPS) is 19.7. The lowest BCUT2D eigenvalue weighted by Gasteiger charge is -2.38. The molecule has 0 spiro atoms. The van der Waals surface area contributed by atoms with Gasteiger partial charge >= 0.3 is 0 Å². The predicted octanol–water partition coefficient (Wildman–Crippen LogP) is 3.54. The Bertz CT molecular complexity index is 891. The SMILES string of the molecule is CCOc1ccccc1N1CCN(CCN2CCc3nc4c(cc3C2)CCCC4)CC1. The zero-order valence-corrected chi connectivity index (χ0v) is 19.0. The van der Waals surface area contributed by atoms with Gasteiger partial charge in [-0.1, -0.05) is 18.2 Å². The number of ether oxygens (including phenoxy) is 1. The maximum Gasteiger partial charge on any atom is 0.142 e. The first kappa shape index (κ1) is 20.8. The van der Waals surface area contributed by atoms with Gasteiger partial charge < -0.3 is 9.64 Å². The van der Waals surface area contributed by atoms with Crippen molar-refractivity contribution in [2.45, 2.75) is 45.6 Å². The Hall–Kier alpha value is -2.11. The van der Waals surface area contributed by atoms with Crippen LogP contribution in [0.1, 0.15) is 42.3 Å². The van der Waals surface area contributed by atoms with Crippen molar-refractivity contribution in [1.82, 2.24) is 14.8 Å². The van der Waals surface area contributed by atoms with Crippen LogP contribution in [-0.2, 0) is 25.8 Å². The first-order valence-electron chi connectivity index (χ1n) is 12.2. The van der Waals surface area contributed by atoms with Crippen LogP contribution in [0.3, 0.4) is 0 Å². The fourth-order valence-electron chi connectivity index (χ4n) is 5.34. The molecule has 5 heteroatoms. The third kappa shape index (κ3) is 4.73. The second-order valence-corrected chi connectivity index (χ2v) is 9.16. The van der Waals surface area contributed by atoms with Gasteiger partial charge in [-0.25, -0.2) is 0 Å². The van der Waals surface area contributed by atoms with Gasteiger partial charge in [-0.15, -0.1) is 0 Å². The standard InChI is InChI=1S/C26H36N4O/c1-2-31-26-10-6-5-9-25(26)30-17-15-28(16-18-30)13-14-29-12-11-24-22(20-29)19-21-7-3-4-8-23(21)27-24/h5-6,9-10,19H,2-4,7-8,11-18,20H2,1H3. The van der Waals surface area contributed by atoms with E-state index in [1.807, 2.05) is 0 Å². The van der Waals surface area contributed by atoms with Crippen LogP contribution in [0, 0.1) is 0 Å². The van der Waals surface area contributed by atoms with Gasteiger partial charge in [0.1, 0.15) is 5.75 Å². The average Bonchev–Trinajstić information content (AvgIpc) is 2.82. The van der Waals surface area contributed by atoms with Gasteiger partial charge in [0.25, 0.3) is 0 Å². The van der Waals surface area contributed by atoms with Crippen molar-refractivity contribution in [2.75, 3.05) is 57.3 Å². The number of rotatable bonds is 6. The van der Waals surface area contributed by atoms with Gasteiger partial charge in [-0.3, -0.25) is 14.8 Å². The Morgan fingerprint density at radius 1 is 0.839 bits per heavy atom. The molecule has 1 aromatic carbocycles. The summed E-state index contributed by atoms with van der Waals surface area (Å²) in [5, 5.41) is 0. The largest absolute Gasteiger partial charge is 0.492 e. The summed E-state index contributed by atoms with van der Waals surface area (Å²) >= 11 is 0. The van der Waals surface area contributed by atoms with Crippen molar-refractivity contribution in [2.24, 2.45) is 0 Å². The summed E-state index contributed by atoms with van der Waals surface area (Å²) in [4.78, 5) is 12.8. The Morgan fingerprint density at radius 2 is 1.61 bits per heavy atom. The minimum Gasteiger partial charge on any atom is -0.492 e. The fraction of sp³-hybridized carbons (Fsp3) is 0.577. The van der Waals surface area contributed by atoms with Crippen molar-refractivity contribution in [3.63, 3.8) is 0 Å². The number of benzene rings is 1. The molecule has 0 saturated carbocycles. The molecule has 0 N–H and O–H groups in total. The van der Waals surface area contributed by atoms with Crippen molar-refractivity contribution >= 4 is 5.69 Å². The number of aromatic nitrogens is 1. The topological polar surface area (TPSA) is 31.8 Å². The average molecular weight is 421 g/mol. The number of nitrogens with zero attached hydrogens (tertiary/aromatic N) is 4. The van der Waals surface area contributed by atoms with E-state index in [2.05, 4.69) is 52.0 Å². The van der Waals surface area contributed by atoms with Crippen LogP contribution in [0.2, 0.25) is 0 Å². The molecule has 3 heterocycles. The molecule has 0 radical (unpaired) electrons. The Balaban J connectivity index is 1.12. The highest BCUT2D eigenvalue weighted by atomic mass is 16.5. The van der Waals surface area contributed by atoms with Crippen LogP contribution in [0.15, 0.2) is 30.3 Å². The molecule has 5 rings (SSSR count). The lowest BCUT2D eigenvalue weighted by Crippen LogP contribution is -2.49. The molecule has 5 nitrogen and oxygen atoms in total. The molecular weight excluding hydrogens is 384 g/mol. The molecular formula is C26H36N4O. The highest BCUT2D eigenvalue weighted by Crippen LogP contribution is 2.29. The van der Waals surface area contributed by atoms with Gasteiger partial charge in [0.2, 0.25) is 0 Å². The number of pyridine rings is 1. The minimum atomic E-state index is 0.717. The molecule has 1 aliphatic carbocycles. The number of hydrogen-bond donors (Lipinski definition) is 0. The Kier molecular flexibility index (Phi) is 6.42. The maximum atomic E-state index is 5.84. The number of piperazine rings is 1. The van der Waals surface area contributed by atoms with Crippen molar-refractivity contribution in [3.05, 3.63) is 52.8 Å². The summed E-state index contributed by atoms with van der Waals surface area (Å²) in [7, 11) is 0. The highest BCUT2D eigenvalue weighted by Gasteiger charge is 2.23. The molecule has 2 aliphatic heterocycles. The number of para-hydroxylation sites is 2. The van der Waals surface area contributed by atoms with E-state index in [9.17, 15) is 0 Å². The van der Waals surface area contributed by atoms with E-state index in [-0.39, 0.29) is 0 Å². The summed E-state index contributed by atoms with van der Waals surface area (Å²) < 4.78 is 5.84. The van der Waals surface area contributed by atoms with Crippen LogP contribution in [0.5, 0.6) is 5.75 Å². The third-order valence-electron chi connectivity index (χ3n) is 7.14. The van der Waals surface area contributed by atoms with E-state index < -0.39 is 0 Å². The van der Waals surface area contributed by atoms with Gasteiger partial charge in [0.15, 0.2) is 0 Å². The number of hydrogen-bond acceptors (Lipinski definition) is 5. The summed E-state index contributed by atoms with van der Waals surface area (Å²) in [5.41, 5.74) is 7.02. The number of aryl methyl sites for hydroxylation is 2. The lowest BCUT2D eigenvalue weighted by molar-refractivity contribution is 0.185. The van der Waals surface area contributed by atoms with Crippen molar-refractivity contribution in [1.29, 1.82) is 0 Å².